The molecule has 0 bridgehead atoms. The zero-order chi connectivity index (χ0) is 41.5. The van der Waals surface area contributed by atoms with E-state index in [-0.39, 0.29) is 18.5 Å². The third-order valence-electron chi connectivity index (χ3n) is 11.1. The zero-order valence-electron chi connectivity index (χ0n) is 37.8. The van der Waals surface area contributed by atoms with Gasteiger partial charge in [0.1, 0.15) is 0 Å². The Kier molecular flexibility index (Phi) is 45.2. The summed E-state index contributed by atoms with van der Waals surface area (Å²) in [5, 5.41) is 23.0. The van der Waals surface area contributed by atoms with E-state index in [0.29, 0.717) is 19.4 Å². The Bertz CT molecular complexity index is 931. The predicted octanol–water partition coefficient (Wildman–Crippen LogP) is 14.5. The van der Waals surface area contributed by atoms with Crippen molar-refractivity contribution in [3.8, 4) is 0 Å². The molecule has 0 aromatic carbocycles. The first-order valence-corrected chi connectivity index (χ1v) is 24.8. The molecule has 0 saturated carbocycles. The van der Waals surface area contributed by atoms with Gasteiger partial charge in [0.05, 0.1) is 25.4 Å². The Labute approximate surface area is 353 Å². The van der Waals surface area contributed by atoms with E-state index in [4.69, 9.17) is 4.74 Å². The van der Waals surface area contributed by atoms with Crippen LogP contribution in [0.25, 0.3) is 0 Å². The highest BCUT2D eigenvalue weighted by Gasteiger charge is 2.17. The minimum Gasteiger partial charge on any atom is -0.466 e. The molecule has 0 radical (unpaired) electrons. The molecule has 2 atom stereocenters. The van der Waals surface area contributed by atoms with Crippen molar-refractivity contribution in [1.29, 1.82) is 0 Å². The number of aliphatic hydroxyl groups is 2. The molecule has 0 heterocycles. The normalized spacial score (nSPS) is 13.0. The third-order valence-corrected chi connectivity index (χ3v) is 11.1. The maximum atomic E-state index is 12.4. The summed E-state index contributed by atoms with van der Waals surface area (Å²) >= 11 is 0. The van der Waals surface area contributed by atoms with Crippen LogP contribution in [0.4, 0.5) is 0 Å². The van der Waals surface area contributed by atoms with E-state index in [1.165, 1.54) is 154 Å². The fourth-order valence-corrected chi connectivity index (χ4v) is 7.28. The summed E-state index contributed by atoms with van der Waals surface area (Å²) in [6.45, 7) is 4.78. The molecule has 0 aliphatic rings. The van der Waals surface area contributed by atoms with Crippen LogP contribution in [0.1, 0.15) is 251 Å². The van der Waals surface area contributed by atoms with Gasteiger partial charge in [-0.25, -0.2) is 0 Å². The lowest BCUT2D eigenvalue weighted by atomic mass is 10.0. The summed E-state index contributed by atoms with van der Waals surface area (Å²) in [7, 11) is 0. The second kappa shape index (κ2) is 46.8. The van der Waals surface area contributed by atoms with E-state index in [9.17, 15) is 19.8 Å². The Morgan fingerprint density at radius 3 is 1.32 bits per heavy atom. The van der Waals surface area contributed by atoms with Crippen molar-refractivity contribution in [1.82, 2.24) is 5.32 Å². The molecule has 0 spiro atoms. The molecule has 0 aliphatic heterocycles. The monoisotopic (exact) mass is 802 g/mol. The van der Waals surface area contributed by atoms with Crippen LogP contribution in [0, 0.1) is 0 Å². The number of nitrogens with one attached hydrogen (secondary N) is 1. The predicted molar refractivity (Wildman–Crippen MR) is 246 cm³/mol. The van der Waals surface area contributed by atoms with Crippen LogP contribution >= 0.6 is 0 Å². The van der Waals surface area contributed by atoms with Gasteiger partial charge in [-0.15, -0.1) is 0 Å². The first kappa shape index (κ1) is 55.1. The largest absolute Gasteiger partial charge is 0.466 e. The number of carbonyl (C=O) groups excluding carboxylic acids is 2. The van der Waals surface area contributed by atoms with E-state index in [0.717, 1.165) is 70.6 Å². The Hall–Kier alpha value is -1.92. The van der Waals surface area contributed by atoms with Crippen molar-refractivity contribution in [3.63, 3.8) is 0 Å². The van der Waals surface area contributed by atoms with Crippen molar-refractivity contribution in [2.45, 2.75) is 264 Å². The van der Waals surface area contributed by atoms with Gasteiger partial charge in [-0.3, -0.25) is 9.59 Å². The molecule has 57 heavy (non-hydrogen) atoms. The SMILES string of the molecule is CCCCC/C=C\CCCCCCCC(=O)OCCCCCC/C=C\CCCC(=O)NC(CO)C(O)/C=C/CCCCCCCCCCCCCCCCCCC. The average Bonchev–Trinajstić information content (AvgIpc) is 3.21. The number of carbonyl (C=O) groups is 2. The highest BCUT2D eigenvalue weighted by Crippen LogP contribution is 2.15. The summed E-state index contributed by atoms with van der Waals surface area (Å²) in [5.41, 5.74) is 0. The maximum Gasteiger partial charge on any atom is 0.305 e. The zero-order valence-corrected chi connectivity index (χ0v) is 37.8. The van der Waals surface area contributed by atoms with Crippen LogP contribution in [0.3, 0.4) is 0 Å². The van der Waals surface area contributed by atoms with Gasteiger partial charge in [-0.2, -0.15) is 0 Å². The van der Waals surface area contributed by atoms with Crippen molar-refractivity contribution >= 4 is 11.9 Å². The van der Waals surface area contributed by atoms with Gasteiger partial charge in [0.25, 0.3) is 0 Å². The molecule has 3 N–H and O–H groups in total. The van der Waals surface area contributed by atoms with Crippen LogP contribution in [-0.4, -0.2) is 47.4 Å². The molecule has 0 aromatic rings. The summed E-state index contributed by atoms with van der Waals surface area (Å²) in [6.07, 6.45) is 55.7. The lowest BCUT2D eigenvalue weighted by molar-refractivity contribution is -0.143. The molecular formula is C51H95NO5. The summed E-state index contributed by atoms with van der Waals surface area (Å²) in [4.78, 5) is 24.4. The average molecular weight is 802 g/mol. The van der Waals surface area contributed by atoms with Gasteiger partial charge in [-0.1, -0.05) is 198 Å². The lowest BCUT2D eigenvalue weighted by Crippen LogP contribution is -2.45. The van der Waals surface area contributed by atoms with E-state index in [2.05, 4.69) is 43.5 Å². The number of allylic oxidation sites excluding steroid dienone is 5. The number of hydrogen-bond donors (Lipinski definition) is 3. The van der Waals surface area contributed by atoms with Crippen LogP contribution in [0.15, 0.2) is 36.5 Å². The van der Waals surface area contributed by atoms with Gasteiger partial charge in [0.15, 0.2) is 0 Å². The minimum absolute atomic E-state index is 0.0486. The number of esters is 1. The quantitative estimate of drug-likeness (QED) is 0.0324. The Morgan fingerprint density at radius 1 is 0.474 bits per heavy atom. The van der Waals surface area contributed by atoms with Crippen molar-refractivity contribution in [2.75, 3.05) is 13.2 Å². The standard InChI is InChI=1S/C51H95NO5/c1-3-5-7-9-11-13-15-17-18-19-20-21-22-23-24-27-31-35-39-43-49(54)48(47-53)52-50(55)44-40-36-32-28-26-30-34-38-42-46-57-51(56)45-41-37-33-29-25-16-14-12-10-8-6-4-2/h12,14,28,32,39,43,48-49,53-54H,3-11,13,15-27,29-31,33-38,40-42,44-47H2,1-2H3,(H,52,55)/b14-12-,32-28-,43-39+. The number of hydrogen-bond acceptors (Lipinski definition) is 5. The summed E-state index contributed by atoms with van der Waals surface area (Å²) in [6, 6.07) is -0.666. The fraction of sp³-hybridized carbons (Fsp3) is 0.843. The molecule has 2 unspecified atom stereocenters. The second-order valence-electron chi connectivity index (χ2n) is 16.8. The van der Waals surface area contributed by atoms with Gasteiger partial charge in [0.2, 0.25) is 5.91 Å². The first-order chi connectivity index (χ1) is 28.0. The van der Waals surface area contributed by atoms with E-state index in [1.807, 2.05) is 6.08 Å². The summed E-state index contributed by atoms with van der Waals surface area (Å²) < 4.78 is 5.41. The number of ether oxygens (including phenoxy) is 1. The highest BCUT2D eigenvalue weighted by molar-refractivity contribution is 5.76. The van der Waals surface area contributed by atoms with E-state index >= 15 is 0 Å². The lowest BCUT2D eigenvalue weighted by Gasteiger charge is -2.19. The number of aliphatic hydroxyl groups excluding tert-OH is 2. The second-order valence-corrected chi connectivity index (χ2v) is 16.8. The van der Waals surface area contributed by atoms with Crippen molar-refractivity contribution in [2.24, 2.45) is 0 Å². The third kappa shape index (κ3) is 43.5. The molecule has 334 valence electrons. The maximum absolute atomic E-state index is 12.4. The van der Waals surface area contributed by atoms with Gasteiger partial charge >= 0.3 is 5.97 Å². The smallest absolute Gasteiger partial charge is 0.305 e. The molecule has 0 saturated heterocycles. The van der Waals surface area contributed by atoms with Crippen LogP contribution in [0.2, 0.25) is 0 Å². The van der Waals surface area contributed by atoms with Crippen molar-refractivity contribution < 1.29 is 24.5 Å². The highest BCUT2D eigenvalue weighted by atomic mass is 16.5. The van der Waals surface area contributed by atoms with E-state index in [1.54, 1.807) is 6.08 Å². The Morgan fingerprint density at radius 2 is 0.842 bits per heavy atom. The summed E-state index contributed by atoms with van der Waals surface area (Å²) in [5.74, 6) is -0.178. The van der Waals surface area contributed by atoms with Gasteiger partial charge in [0, 0.05) is 12.8 Å². The Balaban J connectivity index is 3.60. The van der Waals surface area contributed by atoms with Crippen LogP contribution in [-0.2, 0) is 14.3 Å². The molecule has 0 aliphatic carbocycles. The fourth-order valence-electron chi connectivity index (χ4n) is 7.28. The number of rotatable bonds is 45. The van der Waals surface area contributed by atoms with Crippen LogP contribution < -0.4 is 5.32 Å². The van der Waals surface area contributed by atoms with Crippen molar-refractivity contribution in [3.05, 3.63) is 36.5 Å². The van der Waals surface area contributed by atoms with Crippen LogP contribution in [0.5, 0.6) is 0 Å². The molecular weight excluding hydrogens is 707 g/mol. The number of amides is 1. The molecule has 6 nitrogen and oxygen atoms in total. The van der Waals surface area contributed by atoms with E-state index < -0.39 is 12.1 Å². The topological polar surface area (TPSA) is 95.9 Å². The van der Waals surface area contributed by atoms with Gasteiger partial charge < -0.3 is 20.3 Å². The molecule has 0 rings (SSSR count). The molecule has 1 amide bonds. The van der Waals surface area contributed by atoms with Gasteiger partial charge in [-0.05, 0) is 77.0 Å². The molecule has 0 fully saturated rings. The number of unbranched alkanes of at least 4 members (excludes halogenated alkanes) is 30. The minimum atomic E-state index is -0.876. The molecule has 6 heteroatoms. The molecule has 0 aromatic heterocycles. The first-order valence-electron chi connectivity index (χ1n) is 24.8.